The molecule has 1 atom stereocenters. The summed E-state index contributed by atoms with van der Waals surface area (Å²) in [7, 11) is 0. The van der Waals surface area contributed by atoms with E-state index >= 15 is 0 Å². The van der Waals surface area contributed by atoms with Crippen LogP contribution in [0.3, 0.4) is 0 Å². The number of nitrogens with zero attached hydrogens (tertiary/aromatic N) is 3. The first-order chi connectivity index (χ1) is 15.5. The Balaban J connectivity index is 1.44. The molecule has 1 amide bonds. The van der Waals surface area contributed by atoms with Crippen LogP contribution in [0.4, 0.5) is 14.5 Å². The van der Waals surface area contributed by atoms with Gasteiger partial charge in [-0.3, -0.25) is 4.79 Å². The monoisotopic (exact) mass is 433 g/mol. The Labute approximate surface area is 184 Å². The number of amidine groups is 1. The van der Waals surface area contributed by atoms with E-state index in [1.54, 1.807) is 4.90 Å². The predicted octanol–water partition coefficient (Wildman–Crippen LogP) is 5.00. The molecule has 2 aliphatic rings. The van der Waals surface area contributed by atoms with E-state index in [1.165, 1.54) is 0 Å². The molecule has 5 nitrogen and oxygen atoms in total. The van der Waals surface area contributed by atoms with Gasteiger partial charge in [0.2, 0.25) is 0 Å². The van der Waals surface area contributed by atoms with Gasteiger partial charge in [0.05, 0.1) is 5.56 Å². The molecule has 32 heavy (non-hydrogen) atoms. The van der Waals surface area contributed by atoms with Crippen LogP contribution in [-0.4, -0.2) is 47.2 Å². The fourth-order valence-corrected chi connectivity index (χ4v) is 4.20. The Morgan fingerprint density at radius 3 is 2.41 bits per heavy atom. The normalized spacial score (nSPS) is 17.6. The number of fused-ring (bicyclic) bond motifs is 2. The van der Waals surface area contributed by atoms with Crippen LogP contribution >= 0.6 is 0 Å². The molecule has 2 heterocycles. The predicted molar refractivity (Wildman–Crippen MR) is 118 cm³/mol. The SMILES string of the molecule is CC1CN(C2=Nc3ccccc3Oc3ccccc32)CCN1C(=O)c1cc(F)cc(F)c1. The van der Waals surface area contributed by atoms with Crippen molar-refractivity contribution in [3.8, 4) is 11.5 Å². The molecule has 162 valence electrons. The third-order valence-corrected chi connectivity index (χ3v) is 5.74. The fourth-order valence-electron chi connectivity index (χ4n) is 4.20. The quantitative estimate of drug-likeness (QED) is 0.543. The van der Waals surface area contributed by atoms with Crippen molar-refractivity contribution in [2.24, 2.45) is 4.99 Å². The lowest BCUT2D eigenvalue weighted by molar-refractivity contribution is 0.0580. The molecule has 0 N–H and O–H groups in total. The summed E-state index contributed by atoms with van der Waals surface area (Å²) < 4.78 is 33.3. The number of hydrogen-bond acceptors (Lipinski definition) is 4. The number of halogens is 2. The summed E-state index contributed by atoms with van der Waals surface area (Å²) in [6, 6.07) is 18.1. The Kier molecular flexibility index (Phi) is 5.09. The molecular formula is C25H21F2N3O2. The van der Waals surface area contributed by atoms with Crippen molar-refractivity contribution in [1.29, 1.82) is 0 Å². The molecule has 0 aliphatic carbocycles. The topological polar surface area (TPSA) is 45.1 Å². The molecule has 1 fully saturated rings. The summed E-state index contributed by atoms with van der Waals surface area (Å²) in [6.07, 6.45) is 0. The summed E-state index contributed by atoms with van der Waals surface area (Å²) in [6.45, 7) is 3.39. The molecule has 0 radical (unpaired) electrons. The van der Waals surface area contributed by atoms with E-state index in [1.807, 2.05) is 55.5 Å². The lowest BCUT2D eigenvalue weighted by atomic mass is 10.1. The Morgan fingerprint density at radius 1 is 0.969 bits per heavy atom. The molecular weight excluding hydrogens is 412 g/mol. The number of rotatable bonds is 1. The van der Waals surface area contributed by atoms with Crippen molar-refractivity contribution in [2.75, 3.05) is 19.6 Å². The molecule has 2 aliphatic heterocycles. The van der Waals surface area contributed by atoms with Crippen molar-refractivity contribution < 1.29 is 18.3 Å². The number of ether oxygens (including phenoxy) is 1. The van der Waals surface area contributed by atoms with E-state index < -0.39 is 11.6 Å². The van der Waals surface area contributed by atoms with Crippen molar-refractivity contribution in [3.63, 3.8) is 0 Å². The molecule has 3 aromatic rings. The maximum atomic E-state index is 13.6. The van der Waals surface area contributed by atoms with E-state index in [2.05, 4.69) is 4.90 Å². The Bertz CT molecular complexity index is 1210. The van der Waals surface area contributed by atoms with E-state index in [9.17, 15) is 13.6 Å². The van der Waals surface area contributed by atoms with Crippen LogP contribution in [0.2, 0.25) is 0 Å². The first-order valence-electron chi connectivity index (χ1n) is 10.5. The largest absolute Gasteiger partial charge is 0.454 e. The van der Waals surface area contributed by atoms with E-state index in [0.29, 0.717) is 25.4 Å². The zero-order chi connectivity index (χ0) is 22.2. The minimum atomic E-state index is -0.761. The molecule has 0 aromatic heterocycles. The molecule has 0 bridgehead atoms. The lowest BCUT2D eigenvalue weighted by Gasteiger charge is -2.41. The third kappa shape index (κ3) is 3.70. The van der Waals surface area contributed by atoms with E-state index in [-0.39, 0.29) is 17.5 Å². The van der Waals surface area contributed by atoms with E-state index in [0.717, 1.165) is 41.0 Å². The minimum absolute atomic E-state index is 0.0160. The number of carbonyl (C=O) groups excluding carboxylic acids is 1. The lowest BCUT2D eigenvalue weighted by Crippen LogP contribution is -2.55. The third-order valence-electron chi connectivity index (χ3n) is 5.74. The maximum Gasteiger partial charge on any atom is 0.254 e. The molecule has 3 aromatic carbocycles. The number of para-hydroxylation sites is 3. The highest BCUT2D eigenvalue weighted by molar-refractivity contribution is 6.04. The number of aliphatic imine (C=N–C) groups is 1. The van der Waals surface area contributed by atoms with Gasteiger partial charge in [0, 0.05) is 37.3 Å². The summed E-state index contributed by atoms with van der Waals surface area (Å²) in [4.78, 5) is 21.6. The van der Waals surface area contributed by atoms with Crippen molar-refractivity contribution in [2.45, 2.75) is 13.0 Å². The van der Waals surface area contributed by atoms with Crippen molar-refractivity contribution in [3.05, 3.63) is 89.5 Å². The highest BCUT2D eigenvalue weighted by atomic mass is 19.1. The fraction of sp³-hybridized carbons (Fsp3) is 0.200. The number of benzene rings is 3. The number of carbonyl (C=O) groups is 1. The molecule has 1 unspecified atom stereocenters. The number of hydrogen-bond donors (Lipinski definition) is 0. The van der Waals surface area contributed by atoms with Gasteiger partial charge in [-0.1, -0.05) is 24.3 Å². The van der Waals surface area contributed by atoms with Crippen LogP contribution in [-0.2, 0) is 0 Å². The standard InChI is InChI=1S/C25H21F2N3O2/c1-16-15-29(10-11-30(16)25(31)17-12-18(26)14-19(27)13-17)24-20-6-2-4-8-22(20)32-23-9-5-3-7-21(23)28-24/h2-9,12-14,16H,10-11,15H2,1H3. The Hall–Kier alpha value is -3.74. The number of piperazine rings is 1. The maximum absolute atomic E-state index is 13.6. The molecule has 0 saturated carbocycles. The van der Waals surface area contributed by atoms with Crippen LogP contribution < -0.4 is 4.74 Å². The van der Waals surface area contributed by atoms with Crippen molar-refractivity contribution in [1.82, 2.24) is 9.80 Å². The second kappa shape index (κ2) is 8.07. The van der Waals surface area contributed by atoms with Gasteiger partial charge in [-0.05, 0) is 43.3 Å². The second-order valence-corrected chi connectivity index (χ2v) is 7.95. The summed E-state index contributed by atoms with van der Waals surface area (Å²) in [5, 5.41) is 0. The second-order valence-electron chi connectivity index (χ2n) is 7.95. The molecule has 0 spiro atoms. The van der Waals surface area contributed by atoms with Gasteiger partial charge < -0.3 is 14.5 Å². The van der Waals surface area contributed by atoms with Gasteiger partial charge in [-0.2, -0.15) is 0 Å². The van der Waals surface area contributed by atoms with Crippen LogP contribution in [0, 0.1) is 11.6 Å². The van der Waals surface area contributed by atoms with Gasteiger partial charge in [-0.25, -0.2) is 13.8 Å². The molecule has 5 rings (SSSR count). The first-order valence-corrected chi connectivity index (χ1v) is 10.5. The van der Waals surface area contributed by atoms with Crippen molar-refractivity contribution >= 4 is 17.4 Å². The van der Waals surface area contributed by atoms with Gasteiger partial charge in [-0.15, -0.1) is 0 Å². The van der Waals surface area contributed by atoms with Crippen LogP contribution in [0.1, 0.15) is 22.8 Å². The van der Waals surface area contributed by atoms with Crippen LogP contribution in [0.5, 0.6) is 11.5 Å². The van der Waals surface area contributed by atoms with Crippen LogP contribution in [0.25, 0.3) is 0 Å². The first kappa shape index (κ1) is 20.2. The van der Waals surface area contributed by atoms with Gasteiger partial charge in [0.15, 0.2) is 5.75 Å². The average molecular weight is 433 g/mol. The smallest absolute Gasteiger partial charge is 0.254 e. The molecule has 1 saturated heterocycles. The number of amides is 1. The zero-order valence-electron chi connectivity index (χ0n) is 17.5. The van der Waals surface area contributed by atoms with Gasteiger partial charge in [0.25, 0.3) is 5.91 Å². The minimum Gasteiger partial charge on any atom is -0.454 e. The molecule has 7 heteroatoms. The Morgan fingerprint density at radius 2 is 1.66 bits per heavy atom. The highest BCUT2D eigenvalue weighted by Gasteiger charge is 2.32. The van der Waals surface area contributed by atoms with Crippen LogP contribution in [0.15, 0.2) is 71.7 Å². The van der Waals surface area contributed by atoms with Gasteiger partial charge in [0.1, 0.15) is 28.9 Å². The average Bonchev–Trinajstić information content (AvgIpc) is 2.94. The van der Waals surface area contributed by atoms with Gasteiger partial charge >= 0.3 is 0 Å². The highest BCUT2D eigenvalue weighted by Crippen LogP contribution is 2.38. The van der Waals surface area contributed by atoms with E-state index in [4.69, 9.17) is 9.73 Å². The summed E-state index contributed by atoms with van der Waals surface area (Å²) in [5.74, 6) is 0.279. The summed E-state index contributed by atoms with van der Waals surface area (Å²) >= 11 is 0. The zero-order valence-corrected chi connectivity index (χ0v) is 17.5. The summed E-state index contributed by atoms with van der Waals surface area (Å²) in [5.41, 5.74) is 1.63.